The monoisotopic (exact) mass is 226 g/mol. The van der Waals surface area contributed by atoms with Crippen molar-refractivity contribution in [1.29, 1.82) is 0 Å². The van der Waals surface area contributed by atoms with Gasteiger partial charge in [-0.2, -0.15) is 4.40 Å². The van der Waals surface area contributed by atoms with Crippen molar-refractivity contribution in [2.24, 2.45) is 0 Å². The maximum atomic E-state index is 4.56. The zero-order valence-corrected chi connectivity index (χ0v) is 9.91. The molecule has 1 aromatic carbocycles. The van der Waals surface area contributed by atoms with Crippen LogP contribution in [0.5, 0.6) is 0 Å². The zero-order valence-electron chi connectivity index (χ0n) is 9.01. The Morgan fingerprint density at radius 1 is 1.06 bits per heavy atom. The lowest BCUT2D eigenvalue weighted by molar-refractivity contribution is -0.482. The first-order chi connectivity index (χ1) is 7.77. The first-order valence-corrected chi connectivity index (χ1v) is 5.74. The van der Waals surface area contributed by atoms with Gasteiger partial charge in [0.15, 0.2) is 6.20 Å². The maximum absolute atomic E-state index is 4.56. The van der Waals surface area contributed by atoms with Crippen LogP contribution in [0.1, 0.15) is 5.56 Å². The van der Waals surface area contributed by atoms with Crippen LogP contribution in [0.3, 0.4) is 0 Å². The van der Waals surface area contributed by atoms with Gasteiger partial charge in [-0.15, -0.1) is 12.6 Å². The summed E-state index contributed by atoms with van der Waals surface area (Å²) in [7, 11) is 0. The van der Waals surface area contributed by atoms with Crippen molar-refractivity contribution in [2.75, 3.05) is 0 Å². The predicted octanol–water partition coefficient (Wildman–Crippen LogP) is 3.18. The van der Waals surface area contributed by atoms with Crippen molar-refractivity contribution in [1.82, 2.24) is 0 Å². The molecule has 0 N–H and O–H groups in total. The molecule has 0 spiro atoms. The quantitative estimate of drug-likeness (QED) is 0.341. The zero-order chi connectivity index (χ0) is 11.1. The molecule has 3 aromatic rings. The van der Waals surface area contributed by atoms with Gasteiger partial charge in [0.05, 0.1) is 5.39 Å². The predicted molar refractivity (Wildman–Crippen MR) is 69.1 cm³/mol. The van der Waals surface area contributed by atoms with E-state index >= 15 is 0 Å². The molecule has 1 nitrogen and oxygen atoms in total. The van der Waals surface area contributed by atoms with Crippen molar-refractivity contribution < 1.29 is 4.40 Å². The molecule has 0 unspecified atom stereocenters. The van der Waals surface area contributed by atoms with Crippen molar-refractivity contribution in [3.63, 3.8) is 0 Å². The molecule has 0 fully saturated rings. The Balaban J connectivity index is 2.67. The van der Waals surface area contributed by atoms with Gasteiger partial charge in [-0.3, -0.25) is 0 Å². The summed E-state index contributed by atoms with van der Waals surface area (Å²) in [4.78, 5) is 1.03. The lowest BCUT2D eigenvalue weighted by Crippen LogP contribution is -2.23. The van der Waals surface area contributed by atoms with Gasteiger partial charge in [-0.05, 0) is 19.1 Å². The fraction of sp³-hybridized carbons (Fsp3) is 0.0714. The Labute approximate surface area is 99.8 Å². The second-order valence-corrected chi connectivity index (χ2v) is 4.48. The Bertz CT molecular complexity index is 689. The second-order valence-electron chi connectivity index (χ2n) is 4.00. The lowest BCUT2D eigenvalue weighted by atomic mass is 10.1. The van der Waals surface area contributed by atoms with E-state index in [0.717, 1.165) is 4.90 Å². The van der Waals surface area contributed by atoms with E-state index in [1.54, 1.807) is 0 Å². The third-order valence-corrected chi connectivity index (χ3v) is 3.30. The fourth-order valence-electron chi connectivity index (χ4n) is 2.18. The molecule has 0 radical (unpaired) electrons. The number of hydrogen-bond donors (Lipinski definition) is 1. The van der Waals surface area contributed by atoms with E-state index in [9.17, 15) is 0 Å². The molecule has 0 aliphatic carbocycles. The van der Waals surface area contributed by atoms with Gasteiger partial charge in [0.1, 0.15) is 0 Å². The van der Waals surface area contributed by atoms with E-state index in [1.807, 2.05) is 6.07 Å². The van der Waals surface area contributed by atoms with Crippen LogP contribution in [0.2, 0.25) is 0 Å². The van der Waals surface area contributed by atoms with Crippen molar-refractivity contribution in [2.45, 2.75) is 11.8 Å². The van der Waals surface area contributed by atoms with Crippen LogP contribution in [0, 0.1) is 6.92 Å². The molecule has 3 rings (SSSR count). The molecule has 2 aromatic heterocycles. The highest BCUT2D eigenvalue weighted by molar-refractivity contribution is 7.80. The molecule has 2 heteroatoms. The molecule has 0 atom stereocenters. The number of para-hydroxylation sites is 1. The molecular weight excluding hydrogens is 214 g/mol. The number of thiol groups is 1. The minimum Gasteiger partial charge on any atom is -0.160 e. The Hall–Kier alpha value is -1.54. The summed E-state index contributed by atoms with van der Waals surface area (Å²) in [5.41, 5.74) is 3.69. The largest absolute Gasteiger partial charge is 0.222 e. The van der Waals surface area contributed by atoms with Crippen LogP contribution in [0.15, 0.2) is 53.6 Å². The Morgan fingerprint density at radius 3 is 2.81 bits per heavy atom. The number of aromatic nitrogens is 1. The minimum absolute atomic E-state index is 1.03. The third-order valence-electron chi connectivity index (χ3n) is 2.93. The molecule has 0 amide bonds. The highest BCUT2D eigenvalue weighted by Gasteiger charge is 2.13. The standard InChI is InChI=1S/C14H11NS/c1-10-5-4-7-12-13(16)9-11-6-2-3-8-15(11)14(10)12/h2-9H,1H3/p+1. The summed E-state index contributed by atoms with van der Waals surface area (Å²) in [5.74, 6) is 0. The van der Waals surface area contributed by atoms with Crippen molar-refractivity contribution in [3.8, 4) is 0 Å². The van der Waals surface area contributed by atoms with Gasteiger partial charge >= 0.3 is 0 Å². The van der Waals surface area contributed by atoms with E-state index in [4.69, 9.17) is 0 Å². The fourth-order valence-corrected chi connectivity index (χ4v) is 2.49. The number of rotatable bonds is 0. The van der Waals surface area contributed by atoms with Gasteiger partial charge in [0.2, 0.25) is 11.0 Å². The average Bonchev–Trinajstić information content (AvgIpc) is 2.30. The molecule has 0 saturated heterocycles. The average molecular weight is 226 g/mol. The smallest absolute Gasteiger partial charge is 0.160 e. The molecule has 0 aliphatic rings. The molecule has 2 heterocycles. The molecule has 0 saturated carbocycles. The van der Waals surface area contributed by atoms with Crippen LogP contribution >= 0.6 is 12.6 Å². The summed E-state index contributed by atoms with van der Waals surface area (Å²) >= 11 is 4.56. The van der Waals surface area contributed by atoms with Crippen molar-refractivity contribution in [3.05, 3.63) is 54.2 Å². The highest BCUT2D eigenvalue weighted by atomic mass is 32.1. The lowest BCUT2D eigenvalue weighted by Gasteiger charge is -2.02. The third kappa shape index (κ3) is 1.30. The Kier molecular flexibility index (Phi) is 2.11. The number of pyridine rings is 2. The van der Waals surface area contributed by atoms with Gasteiger partial charge < -0.3 is 0 Å². The van der Waals surface area contributed by atoms with Gasteiger partial charge in [-0.25, -0.2) is 0 Å². The summed E-state index contributed by atoms with van der Waals surface area (Å²) in [6.45, 7) is 2.13. The van der Waals surface area contributed by atoms with Crippen LogP contribution in [-0.4, -0.2) is 0 Å². The van der Waals surface area contributed by atoms with Crippen LogP contribution < -0.4 is 4.40 Å². The van der Waals surface area contributed by atoms with Crippen molar-refractivity contribution >= 4 is 29.0 Å². The topological polar surface area (TPSA) is 4.10 Å². The summed E-state index contributed by atoms with van der Waals surface area (Å²) in [6, 6.07) is 14.6. The summed E-state index contributed by atoms with van der Waals surface area (Å²) in [6.07, 6.45) is 2.10. The number of hydrogen-bond acceptors (Lipinski definition) is 1. The first kappa shape index (κ1) is 9.67. The number of nitrogens with zero attached hydrogens (tertiary/aromatic N) is 1. The number of aryl methyl sites for hydroxylation is 1. The van der Waals surface area contributed by atoms with Gasteiger partial charge in [0, 0.05) is 28.7 Å². The normalized spacial score (nSPS) is 11.1. The van der Waals surface area contributed by atoms with E-state index in [2.05, 4.69) is 66.5 Å². The molecule has 16 heavy (non-hydrogen) atoms. The van der Waals surface area contributed by atoms with Crippen LogP contribution in [-0.2, 0) is 0 Å². The van der Waals surface area contributed by atoms with E-state index in [1.165, 1.54) is 22.0 Å². The summed E-state index contributed by atoms with van der Waals surface area (Å²) in [5, 5.41) is 1.20. The second kappa shape index (κ2) is 3.49. The van der Waals surface area contributed by atoms with E-state index in [0.29, 0.717) is 0 Å². The molecular formula is C14H12NS+. The number of fused-ring (bicyclic) bond motifs is 3. The van der Waals surface area contributed by atoms with E-state index < -0.39 is 0 Å². The SMILES string of the molecule is Cc1cccc2c(S)cc3cccc[n+]3c12. The van der Waals surface area contributed by atoms with Crippen LogP contribution in [0.25, 0.3) is 16.4 Å². The van der Waals surface area contributed by atoms with Crippen LogP contribution in [0.4, 0.5) is 0 Å². The molecule has 0 aliphatic heterocycles. The number of benzene rings is 1. The first-order valence-electron chi connectivity index (χ1n) is 5.29. The molecule has 0 bridgehead atoms. The highest BCUT2D eigenvalue weighted by Crippen LogP contribution is 2.22. The summed E-state index contributed by atoms with van der Waals surface area (Å²) < 4.78 is 2.21. The maximum Gasteiger partial charge on any atom is 0.222 e. The molecule has 78 valence electrons. The van der Waals surface area contributed by atoms with Gasteiger partial charge in [0.25, 0.3) is 0 Å². The Morgan fingerprint density at radius 2 is 1.94 bits per heavy atom. The van der Waals surface area contributed by atoms with Gasteiger partial charge in [-0.1, -0.05) is 12.1 Å². The van der Waals surface area contributed by atoms with E-state index in [-0.39, 0.29) is 0 Å². The minimum atomic E-state index is 1.03.